The van der Waals surface area contributed by atoms with E-state index in [1.165, 1.54) is 4.57 Å². The monoisotopic (exact) mass is 275 g/mol. The molecule has 1 aromatic carbocycles. The fourth-order valence-electron chi connectivity index (χ4n) is 2.19. The Balaban J connectivity index is 2.35. The average molecular weight is 275 g/mol. The maximum Gasteiger partial charge on any atom is 0.418 e. The second-order valence-electron chi connectivity index (χ2n) is 5.84. The average Bonchev–Trinajstić information content (AvgIpc) is 2.78. The van der Waals surface area contributed by atoms with E-state index in [-0.39, 0.29) is 12.7 Å². The molecule has 20 heavy (non-hydrogen) atoms. The summed E-state index contributed by atoms with van der Waals surface area (Å²) in [5, 5.41) is 9.98. The SMILES string of the molecule is CC(C)(C)OC(=O)n1ccc2c(CCCO)cccc21. The van der Waals surface area contributed by atoms with Gasteiger partial charge in [0.25, 0.3) is 0 Å². The molecule has 1 N–H and O–H groups in total. The lowest BCUT2D eigenvalue weighted by molar-refractivity contribution is 0.0544. The molecule has 0 radical (unpaired) electrons. The number of hydrogen-bond donors (Lipinski definition) is 1. The van der Waals surface area contributed by atoms with E-state index < -0.39 is 5.60 Å². The van der Waals surface area contributed by atoms with E-state index in [1.807, 2.05) is 45.0 Å². The maximum atomic E-state index is 12.2. The Morgan fingerprint density at radius 1 is 1.30 bits per heavy atom. The first-order valence-electron chi connectivity index (χ1n) is 6.85. The van der Waals surface area contributed by atoms with Gasteiger partial charge < -0.3 is 9.84 Å². The molecule has 1 aromatic heterocycles. The van der Waals surface area contributed by atoms with Gasteiger partial charge in [0.2, 0.25) is 0 Å². The lowest BCUT2D eigenvalue weighted by Gasteiger charge is -2.19. The van der Waals surface area contributed by atoms with Crippen molar-refractivity contribution in [3.63, 3.8) is 0 Å². The minimum atomic E-state index is -0.512. The molecule has 4 heteroatoms. The molecule has 0 saturated heterocycles. The highest BCUT2D eigenvalue weighted by molar-refractivity contribution is 5.91. The van der Waals surface area contributed by atoms with Gasteiger partial charge in [-0.25, -0.2) is 4.79 Å². The van der Waals surface area contributed by atoms with Gasteiger partial charge in [-0.2, -0.15) is 0 Å². The minimum absolute atomic E-state index is 0.170. The van der Waals surface area contributed by atoms with Crippen LogP contribution in [0.5, 0.6) is 0 Å². The van der Waals surface area contributed by atoms with Crippen LogP contribution in [0.2, 0.25) is 0 Å². The van der Waals surface area contributed by atoms with Crippen molar-refractivity contribution in [3.8, 4) is 0 Å². The number of carbonyl (C=O) groups excluding carboxylic acids is 1. The molecule has 0 fully saturated rings. The largest absolute Gasteiger partial charge is 0.443 e. The summed E-state index contributed by atoms with van der Waals surface area (Å²) >= 11 is 0. The number of nitrogens with zero attached hydrogens (tertiary/aromatic N) is 1. The number of hydrogen-bond acceptors (Lipinski definition) is 3. The standard InChI is InChI=1S/C16H21NO3/c1-16(2,3)20-15(19)17-10-9-13-12(7-5-11-18)6-4-8-14(13)17/h4,6,8-10,18H,5,7,11H2,1-3H3. The smallest absolute Gasteiger partial charge is 0.418 e. The van der Waals surface area contributed by atoms with Crippen LogP contribution in [-0.2, 0) is 11.2 Å². The quantitative estimate of drug-likeness (QED) is 0.934. The van der Waals surface area contributed by atoms with Crippen LogP contribution in [0.15, 0.2) is 30.5 Å². The van der Waals surface area contributed by atoms with E-state index in [9.17, 15) is 4.79 Å². The van der Waals surface area contributed by atoms with E-state index >= 15 is 0 Å². The Bertz CT molecular complexity index is 608. The second-order valence-corrected chi connectivity index (χ2v) is 5.84. The van der Waals surface area contributed by atoms with Crippen LogP contribution in [0, 0.1) is 0 Å². The third-order valence-corrected chi connectivity index (χ3v) is 3.02. The zero-order valence-corrected chi connectivity index (χ0v) is 12.2. The Morgan fingerprint density at radius 2 is 2.05 bits per heavy atom. The summed E-state index contributed by atoms with van der Waals surface area (Å²) in [6.45, 7) is 5.72. The van der Waals surface area contributed by atoms with Crippen molar-refractivity contribution in [3.05, 3.63) is 36.0 Å². The molecule has 0 saturated carbocycles. The summed E-state index contributed by atoms with van der Waals surface area (Å²) in [5.74, 6) is 0. The van der Waals surface area contributed by atoms with Crippen LogP contribution >= 0.6 is 0 Å². The van der Waals surface area contributed by atoms with Crippen molar-refractivity contribution in [1.82, 2.24) is 4.57 Å². The number of rotatable bonds is 3. The minimum Gasteiger partial charge on any atom is -0.443 e. The molecule has 0 bridgehead atoms. The Labute approximate surface area is 119 Å². The van der Waals surface area contributed by atoms with Gasteiger partial charge in [0.15, 0.2) is 0 Å². The number of fused-ring (bicyclic) bond motifs is 1. The first-order valence-corrected chi connectivity index (χ1v) is 6.85. The fraction of sp³-hybridized carbons (Fsp3) is 0.438. The van der Waals surface area contributed by atoms with Crippen LogP contribution in [0.1, 0.15) is 32.8 Å². The van der Waals surface area contributed by atoms with Crippen molar-refractivity contribution < 1.29 is 14.6 Å². The van der Waals surface area contributed by atoms with Gasteiger partial charge in [0.05, 0.1) is 5.52 Å². The number of aryl methyl sites for hydroxylation is 1. The number of benzene rings is 1. The summed E-state index contributed by atoms with van der Waals surface area (Å²) in [7, 11) is 0. The molecule has 2 aromatic rings. The molecule has 0 aliphatic rings. The number of ether oxygens (including phenoxy) is 1. The predicted octanol–water partition coefficient (Wildman–Crippen LogP) is 3.35. The normalized spacial score (nSPS) is 11.8. The molecule has 0 aliphatic carbocycles. The van der Waals surface area contributed by atoms with Crippen molar-refractivity contribution >= 4 is 17.0 Å². The fourth-order valence-corrected chi connectivity index (χ4v) is 2.19. The first kappa shape index (κ1) is 14.6. The van der Waals surface area contributed by atoms with E-state index in [4.69, 9.17) is 9.84 Å². The van der Waals surface area contributed by atoms with Crippen molar-refractivity contribution in [2.75, 3.05) is 6.61 Å². The zero-order valence-electron chi connectivity index (χ0n) is 12.2. The van der Waals surface area contributed by atoms with E-state index in [2.05, 4.69) is 0 Å². The molecule has 4 nitrogen and oxygen atoms in total. The Kier molecular flexibility index (Phi) is 4.14. The Hall–Kier alpha value is -1.81. The van der Waals surface area contributed by atoms with Crippen molar-refractivity contribution in [2.45, 2.75) is 39.2 Å². The molecular weight excluding hydrogens is 254 g/mol. The highest BCUT2D eigenvalue weighted by atomic mass is 16.6. The molecular formula is C16H21NO3. The molecule has 0 amide bonds. The summed E-state index contributed by atoms with van der Waals surface area (Å²) in [5.41, 5.74) is 1.47. The van der Waals surface area contributed by atoms with Gasteiger partial charge in [0, 0.05) is 18.2 Å². The number of aromatic nitrogens is 1. The molecule has 1 heterocycles. The molecule has 0 spiro atoms. The van der Waals surface area contributed by atoms with Gasteiger partial charge in [-0.1, -0.05) is 12.1 Å². The van der Waals surface area contributed by atoms with Crippen LogP contribution in [0.3, 0.4) is 0 Å². The summed E-state index contributed by atoms with van der Waals surface area (Å²) in [6.07, 6.45) is 2.89. The van der Waals surface area contributed by atoms with Crippen LogP contribution in [0.4, 0.5) is 4.79 Å². The highest BCUT2D eigenvalue weighted by Gasteiger charge is 2.19. The van der Waals surface area contributed by atoms with Crippen molar-refractivity contribution in [2.24, 2.45) is 0 Å². The van der Waals surface area contributed by atoms with Gasteiger partial charge in [0.1, 0.15) is 5.60 Å². The molecule has 0 unspecified atom stereocenters. The van der Waals surface area contributed by atoms with E-state index in [0.717, 1.165) is 29.3 Å². The Morgan fingerprint density at radius 3 is 2.70 bits per heavy atom. The van der Waals surface area contributed by atoms with Crippen LogP contribution in [-0.4, -0.2) is 28.0 Å². The summed E-state index contributed by atoms with van der Waals surface area (Å²) in [4.78, 5) is 12.2. The predicted molar refractivity (Wildman–Crippen MR) is 79.0 cm³/mol. The summed E-state index contributed by atoms with van der Waals surface area (Å²) < 4.78 is 6.93. The maximum absolute atomic E-state index is 12.2. The van der Waals surface area contributed by atoms with Crippen molar-refractivity contribution in [1.29, 1.82) is 0 Å². The van der Waals surface area contributed by atoms with Gasteiger partial charge >= 0.3 is 6.09 Å². The topological polar surface area (TPSA) is 51.5 Å². The molecule has 2 rings (SSSR count). The van der Waals surface area contributed by atoms with E-state index in [1.54, 1.807) is 6.20 Å². The third kappa shape index (κ3) is 3.20. The zero-order chi connectivity index (χ0) is 14.8. The first-order chi connectivity index (χ1) is 9.42. The lowest BCUT2D eigenvalue weighted by atomic mass is 10.1. The number of carbonyl (C=O) groups is 1. The highest BCUT2D eigenvalue weighted by Crippen LogP contribution is 2.22. The molecule has 108 valence electrons. The lowest BCUT2D eigenvalue weighted by Crippen LogP contribution is -2.26. The third-order valence-electron chi connectivity index (χ3n) is 3.02. The van der Waals surface area contributed by atoms with Gasteiger partial charge in [-0.3, -0.25) is 4.57 Å². The number of aliphatic hydroxyl groups is 1. The molecule has 0 aliphatic heterocycles. The second kappa shape index (κ2) is 5.67. The van der Waals surface area contributed by atoms with Crippen LogP contribution < -0.4 is 0 Å². The van der Waals surface area contributed by atoms with Gasteiger partial charge in [-0.15, -0.1) is 0 Å². The molecule has 0 atom stereocenters. The van der Waals surface area contributed by atoms with Gasteiger partial charge in [-0.05, 0) is 51.3 Å². The van der Waals surface area contributed by atoms with E-state index in [0.29, 0.717) is 0 Å². The van der Waals surface area contributed by atoms with Crippen LogP contribution in [0.25, 0.3) is 10.9 Å². The summed E-state index contributed by atoms with van der Waals surface area (Å²) in [6, 6.07) is 7.78. The number of aliphatic hydroxyl groups excluding tert-OH is 1.